The Kier molecular flexibility index (Phi) is 5.71. The molecule has 0 aliphatic carbocycles. The number of ether oxygens (including phenoxy) is 1. The van der Waals surface area contributed by atoms with Gasteiger partial charge in [0.15, 0.2) is 5.60 Å². The first kappa shape index (κ1) is 20.9. The lowest BCUT2D eigenvalue weighted by Crippen LogP contribution is -2.38. The molecule has 0 saturated heterocycles. The summed E-state index contributed by atoms with van der Waals surface area (Å²) in [6, 6.07) is 11.4. The van der Waals surface area contributed by atoms with E-state index in [2.05, 4.69) is 15.9 Å². The second-order valence-electron chi connectivity index (χ2n) is 7.53. The van der Waals surface area contributed by atoms with E-state index in [0.717, 1.165) is 26.9 Å². The molecule has 6 nitrogen and oxygen atoms in total. The summed E-state index contributed by atoms with van der Waals surface area (Å²) in [6.07, 6.45) is 3.51. The van der Waals surface area contributed by atoms with Gasteiger partial charge in [0.25, 0.3) is 0 Å². The maximum Gasteiger partial charge on any atom is 0.347 e. The van der Waals surface area contributed by atoms with Gasteiger partial charge in [-0.25, -0.2) is 9.59 Å². The first-order valence-corrected chi connectivity index (χ1v) is 9.94. The Morgan fingerprint density at radius 1 is 1.10 bits per heavy atom. The average Bonchev–Trinajstić information content (AvgIpc) is 2.99. The van der Waals surface area contributed by atoms with Gasteiger partial charge < -0.3 is 9.84 Å². The highest BCUT2D eigenvalue weighted by atomic mass is 79.9. The normalized spacial score (nSPS) is 11.5. The molecule has 1 heterocycles. The Morgan fingerprint density at radius 3 is 2.24 bits per heavy atom. The van der Waals surface area contributed by atoms with Crippen LogP contribution in [0.3, 0.4) is 0 Å². The summed E-state index contributed by atoms with van der Waals surface area (Å²) in [5, 5.41) is 9.31. The van der Waals surface area contributed by atoms with Crippen molar-refractivity contribution in [2.24, 2.45) is 0 Å². The van der Waals surface area contributed by atoms with Crippen LogP contribution in [0.5, 0.6) is 5.75 Å². The maximum atomic E-state index is 12.8. The quantitative estimate of drug-likeness (QED) is 0.597. The van der Waals surface area contributed by atoms with Crippen molar-refractivity contribution < 1.29 is 14.6 Å². The van der Waals surface area contributed by atoms with Crippen molar-refractivity contribution in [1.82, 2.24) is 9.13 Å². The van der Waals surface area contributed by atoms with Gasteiger partial charge >= 0.3 is 11.7 Å². The van der Waals surface area contributed by atoms with Crippen LogP contribution in [-0.4, -0.2) is 25.8 Å². The Morgan fingerprint density at radius 2 is 1.69 bits per heavy atom. The van der Waals surface area contributed by atoms with Gasteiger partial charge in [0, 0.05) is 16.9 Å². The number of rotatable bonds is 6. The number of carboxylic acids is 1. The van der Waals surface area contributed by atoms with E-state index in [0.29, 0.717) is 12.3 Å². The number of hydrogen-bond acceptors (Lipinski definition) is 3. The average molecular weight is 459 g/mol. The van der Waals surface area contributed by atoms with E-state index in [9.17, 15) is 14.7 Å². The Labute approximate surface area is 177 Å². The molecule has 3 aromatic rings. The zero-order chi connectivity index (χ0) is 21.3. The SMILES string of the molecule is Cc1cc(Cn2ccn(-c3ccc(Br)cc3)c2=O)cc(C)c1OC(C)(C)C(=O)O. The van der Waals surface area contributed by atoms with E-state index in [-0.39, 0.29) is 5.69 Å². The van der Waals surface area contributed by atoms with E-state index in [4.69, 9.17) is 4.74 Å². The minimum Gasteiger partial charge on any atom is -0.478 e. The second-order valence-corrected chi connectivity index (χ2v) is 8.45. The number of aliphatic carboxylic acids is 1. The van der Waals surface area contributed by atoms with E-state index in [1.807, 2.05) is 50.2 Å². The monoisotopic (exact) mass is 458 g/mol. The van der Waals surface area contributed by atoms with Crippen LogP contribution in [0.15, 0.2) is 58.1 Å². The van der Waals surface area contributed by atoms with E-state index >= 15 is 0 Å². The molecule has 3 rings (SSSR count). The number of imidazole rings is 1. The van der Waals surface area contributed by atoms with E-state index in [1.165, 1.54) is 13.8 Å². The third-order valence-corrected chi connectivity index (χ3v) is 5.23. The van der Waals surface area contributed by atoms with Gasteiger partial charge in [0.2, 0.25) is 0 Å². The Bertz CT molecular complexity index is 1090. The molecule has 7 heteroatoms. The smallest absolute Gasteiger partial charge is 0.347 e. The molecule has 29 heavy (non-hydrogen) atoms. The number of aromatic nitrogens is 2. The van der Waals surface area contributed by atoms with Crippen molar-refractivity contribution in [3.05, 3.63) is 80.4 Å². The molecule has 1 N–H and O–H groups in total. The summed E-state index contributed by atoms with van der Waals surface area (Å²) in [5.74, 6) is -0.470. The molecule has 0 fully saturated rings. The third-order valence-electron chi connectivity index (χ3n) is 4.70. The molecule has 152 valence electrons. The van der Waals surface area contributed by atoms with Crippen molar-refractivity contribution in [2.75, 3.05) is 0 Å². The van der Waals surface area contributed by atoms with Gasteiger partial charge in [0.1, 0.15) is 5.75 Å². The summed E-state index contributed by atoms with van der Waals surface area (Å²) in [6.45, 7) is 7.20. The number of carboxylic acid groups (broad SMARTS) is 1. The van der Waals surface area contributed by atoms with Gasteiger partial charge in [-0.05, 0) is 68.7 Å². The molecule has 0 bridgehead atoms. The summed E-state index contributed by atoms with van der Waals surface area (Å²) in [7, 11) is 0. The molecule has 0 saturated carbocycles. The minimum atomic E-state index is -1.32. The predicted octanol–water partition coefficient (Wildman–Crippen LogP) is 4.31. The van der Waals surface area contributed by atoms with Gasteiger partial charge in [-0.2, -0.15) is 0 Å². The molecule has 1 aromatic heterocycles. The summed E-state index contributed by atoms with van der Waals surface area (Å²) >= 11 is 3.40. The molecular formula is C22H23BrN2O4. The van der Waals surface area contributed by atoms with Crippen molar-refractivity contribution in [2.45, 2.75) is 39.8 Å². The van der Waals surface area contributed by atoms with Crippen molar-refractivity contribution >= 4 is 21.9 Å². The standard InChI is InChI=1S/C22H23BrN2O4/c1-14-11-16(12-15(2)19(14)29-22(3,4)20(26)27)13-24-9-10-25(21(24)28)18-7-5-17(23)6-8-18/h5-12H,13H2,1-4H3,(H,26,27). The molecule has 0 aliphatic heterocycles. The number of hydrogen-bond donors (Lipinski definition) is 1. The Balaban J connectivity index is 1.87. The van der Waals surface area contributed by atoms with Crippen molar-refractivity contribution in [3.8, 4) is 11.4 Å². The molecule has 2 aromatic carbocycles. The molecule has 0 radical (unpaired) electrons. The van der Waals surface area contributed by atoms with Crippen LogP contribution in [0.2, 0.25) is 0 Å². The fourth-order valence-corrected chi connectivity index (χ4v) is 3.38. The van der Waals surface area contributed by atoms with Gasteiger partial charge in [-0.15, -0.1) is 0 Å². The van der Waals surface area contributed by atoms with E-state index < -0.39 is 11.6 Å². The fourth-order valence-electron chi connectivity index (χ4n) is 3.12. The minimum absolute atomic E-state index is 0.130. The second kappa shape index (κ2) is 7.91. The highest BCUT2D eigenvalue weighted by Gasteiger charge is 2.30. The van der Waals surface area contributed by atoms with Gasteiger partial charge in [0.05, 0.1) is 12.2 Å². The van der Waals surface area contributed by atoms with Crippen LogP contribution in [-0.2, 0) is 11.3 Å². The van der Waals surface area contributed by atoms with E-state index in [1.54, 1.807) is 21.5 Å². The lowest BCUT2D eigenvalue weighted by molar-refractivity contribution is -0.152. The summed E-state index contributed by atoms with van der Waals surface area (Å²) < 4.78 is 9.93. The van der Waals surface area contributed by atoms with Crippen LogP contribution >= 0.6 is 15.9 Å². The van der Waals surface area contributed by atoms with Crippen LogP contribution in [0, 0.1) is 13.8 Å². The number of halogens is 1. The molecule has 0 aliphatic rings. The predicted molar refractivity (Wildman–Crippen MR) is 115 cm³/mol. The number of carbonyl (C=O) groups is 1. The van der Waals surface area contributed by atoms with Gasteiger partial charge in [-0.1, -0.05) is 28.1 Å². The van der Waals surface area contributed by atoms with Crippen LogP contribution in [0.4, 0.5) is 0 Å². The lowest BCUT2D eigenvalue weighted by Gasteiger charge is -2.24. The van der Waals surface area contributed by atoms with Crippen molar-refractivity contribution in [3.63, 3.8) is 0 Å². The summed E-state index contributed by atoms with van der Waals surface area (Å²) in [4.78, 5) is 24.1. The number of benzene rings is 2. The molecule has 0 atom stereocenters. The lowest BCUT2D eigenvalue weighted by atomic mass is 10.0. The van der Waals surface area contributed by atoms with Crippen LogP contribution in [0.25, 0.3) is 5.69 Å². The molecule has 0 amide bonds. The highest BCUT2D eigenvalue weighted by Crippen LogP contribution is 2.29. The first-order chi connectivity index (χ1) is 13.6. The van der Waals surface area contributed by atoms with Crippen LogP contribution in [0.1, 0.15) is 30.5 Å². The zero-order valence-corrected chi connectivity index (χ0v) is 18.4. The zero-order valence-electron chi connectivity index (χ0n) is 16.8. The van der Waals surface area contributed by atoms with Crippen molar-refractivity contribution in [1.29, 1.82) is 0 Å². The first-order valence-electron chi connectivity index (χ1n) is 9.15. The maximum absolute atomic E-state index is 12.8. The van der Waals surface area contributed by atoms with Gasteiger partial charge in [-0.3, -0.25) is 9.13 Å². The van der Waals surface area contributed by atoms with Crippen LogP contribution < -0.4 is 10.4 Å². The number of aryl methyl sites for hydroxylation is 2. The Hall–Kier alpha value is -2.80. The number of nitrogens with zero attached hydrogens (tertiary/aromatic N) is 2. The third kappa shape index (κ3) is 4.45. The largest absolute Gasteiger partial charge is 0.478 e. The molecule has 0 unspecified atom stereocenters. The highest BCUT2D eigenvalue weighted by molar-refractivity contribution is 9.10. The molecular weight excluding hydrogens is 436 g/mol. The topological polar surface area (TPSA) is 73.5 Å². The molecule has 0 spiro atoms. The fraction of sp³-hybridized carbons (Fsp3) is 0.273. The summed E-state index contributed by atoms with van der Waals surface area (Å²) in [5.41, 5.74) is 1.94.